The summed E-state index contributed by atoms with van der Waals surface area (Å²) in [5.41, 5.74) is 0. The van der Waals surface area contributed by atoms with Gasteiger partial charge in [0.05, 0.1) is 5.03 Å². The molecule has 0 saturated heterocycles. The summed E-state index contributed by atoms with van der Waals surface area (Å²) < 4.78 is 0. The minimum atomic E-state index is -0.667. The molecule has 0 fully saturated rings. The lowest BCUT2D eigenvalue weighted by Crippen LogP contribution is -1.81. The Morgan fingerprint density at radius 3 is 2.00 bits per heavy atom. The lowest BCUT2D eigenvalue weighted by atomic mass is 10.7. The van der Waals surface area contributed by atoms with E-state index >= 15 is 0 Å². The van der Waals surface area contributed by atoms with E-state index in [0.717, 1.165) is 0 Å². The third-order valence-electron chi connectivity index (χ3n) is 0.321. The number of rotatable bonds is 1. The van der Waals surface area contributed by atoms with Gasteiger partial charge in [0.1, 0.15) is 4.84 Å². The van der Waals surface area contributed by atoms with Gasteiger partial charge in [0.2, 0.25) is 0 Å². The van der Waals surface area contributed by atoms with Crippen LogP contribution in [0.15, 0.2) is 10.4 Å². The molecule has 41 valence electrons. The maximum atomic E-state index is 5.29. The van der Waals surface area contributed by atoms with Gasteiger partial charge < -0.3 is 0 Å². The summed E-state index contributed by atoms with van der Waals surface area (Å²) in [4.78, 5) is -0.667. The van der Waals surface area contributed by atoms with E-state index in [4.69, 9.17) is 34.8 Å². The number of hydrogen-bond donors (Lipinski definition) is 0. The van der Waals surface area contributed by atoms with Gasteiger partial charge in [0.25, 0.3) is 0 Å². The van der Waals surface area contributed by atoms with E-state index in [-0.39, 0.29) is 0 Å². The summed E-state index contributed by atoms with van der Waals surface area (Å²) in [6, 6.07) is 0. The van der Waals surface area contributed by atoms with Crippen molar-refractivity contribution >= 4 is 47.4 Å². The minimum absolute atomic E-state index is 0.290. The fourth-order valence-corrected chi connectivity index (χ4v) is 0.463. The topological polar surface area (TPSA) is 0 Å². The molecule has 0 atom stereocenters. The lowest BCUT2D eigenvalue weighted by Gasteiger charge is -1.91. The van der Waals surface area contributed by atoms with Crippen molar-refractivity contribution in [3.05, 3.63) is 10.4 Å². The monoisotopic (exact) mass is 175 g/mol. The molecule has 1 radical (unpaired) electrons. The highest BCUT2D eigenvalue weighted by molar-refractivity contribution is 7.83. The third kappa shape index (κ3) is 3.42. The van der Waals surface area contributed by atoms with E-state index in [9.17, 15) is 0 Å². The van der Waals surface area contributed by atoms with Crippen molar-refractivity contribution in [2.24, 2.45) is 0 Å². The zero-order valence-corrected chi connectivity index (χ0v) is 6.28. The molecule has 0 amide bonds. The Kier molecular flexibility index (Phi) is 4.24. The van der Waals surface area contributed by atoms with Crippen LogP contribution in [0.3, 0.4) is 0 Å². The van der Waals surface area contributed by atoms with Gasteiger partial charge in [-0.1, -0.05) is 47.4 Å². The second-order valence-corrected chi connectivity index (χ2v) is 2.57. The third-order valence-corrected chi connectivity index (χ3v) is 1.73. The molecule has 0 N–H and O–H groups in total. The van der Waals surface area contributed by atoms with Crippen molar-refractivity contribution in [3.8, 4) is 0 Å². The lowest BCUT2D eigenvalue weighted by molar-refractivity contribution is 1.57. The van der Waals surface area contributed by atoms with E-state index in [1.807, 2.05) is 0 Å². The molecular formula is C3H2Cl3S. The highest BCUT2D eigenvalue weighted by Crippen LogP contribution is 2.17. The number of hydrogen-bond acceptors (Lipinski definition) is 0. The van der Waals surface area contributed by atoms with Gasteiger partial charge >= 0.3 is 0 Å². The van der Waals surface area contributed by atoms with E-state index in [1.165, 1.54) is 5.41 Å². The van der Waals surface area contributed by atoms with Crippen molar-refractivity contribution in [2.75, 3.05) is 0 Å². The molecule has 0 aromatic heterocycles. The highest BCUT2D eigenvalue weighted by Gasteiger charge is 2.00. The molecule has 0 saturated carbocycles. The summed E-state index contributed by atoms with van der Waals surface area (Å²) in [6.45, 7) is 0. The maximum absolute atomic E-state index is 5.29. The zero-order valence-electron chi connectivity index (χ0n) is 3.20. The highest BCUT2D eigenvalue weighted by atomic mass is 35.5. The summed E-state index contributed by atoms with van der Waals surface area (Å²) in [7, 11) is 0. The first-order chi connectivity index (χ1) is 3.18. The van der Waals surface area contributed by atoms with Crippen molar-refractivity contribution in [3.63, 3.8) is 0 Å². The Balaban J connectivity index is 3.56. The van der Waals surface area contributed by atoms with E-state index < -0.39 is 4.84 Å². The molecule has 0 aromatic rings. The van der Waals surface area contributed by atoms with E-state index in [2.05, 4.69) is 12.6 Å². The van der Waals surface area contributed by atoms with Crippen LogP contribution < -0.4 is 0 Å². The predicted octanol–water partition coefficient (Wildman–Crippen LogP) is 3.07. The minimum Gasteiger partial charge on any atom is -0.0990 e. The molecule has 0 bridgehead atoms. The van der Waals surface area contributed by atoms with Crippen LogP contribution >= 0.6 is 47.4 Å². The van der Waals surface area contributed by atoms with Crippen molar-refractivity contribution in [1.29, 1.82) is 0 Å². The van der Waals surface area contributed by atoms with Crippen LogP contribution in [0.1, 0.15) is 0 Å². The zero-order chi connectivity index (χ0) is 5.86. The van der Waals surface area contributed by atoms with Crippen LogP contribution in [0.2, 0.25) is 0 Å². The Bertz CT molecular complexity index is 78.2. The Morgan fingerprint density at radius 1 is 1.57 bits per heavy atom. The molecular weight excluding hydrogens is 174 g/mol. The summed E-state index contributed by atoms with van der Waals surface area (Å²) in [6.07, 6.45) is 0. The molecule has 0 aliphatic rings. The van der Waals surface area contributed by atoms with Crippen LogP contribution in [0.5, 0.6) is 0 Å². The molecule has 0 unspecified atom stereocenters. The normalized spacial score (nSPS) is 12.9. The average molecular weight is 176 g/mol. The van der Waals surface area contributed by atoms with Gasteiger partial charge in [0, 0.05) is 5.41 Å². The van der Waals surface area contributed by atoms with E-state index in [1.54, 1.807) is 0 Å². The fourth-order valence-electron chi connectivity index (χ4n) is 0.0514. The quantitative estimate of drug-likeness (QED) is 0.539. The molecule has 0 aliphatic carbocycles. The molecule has 0 nitrogen and oxygen atoms in total. The first-order valence-electron chi connectivity index (χ1n) is 1.44. The molecule has 0 rings (SSSR count). The first kappa shape index (κ1) is 7.83. The molecule has 0 aliphatic heterocycles. The smallest absolute Gasteiger partial charge is 0.0990 e. The summed E-state index contributed by atoms with van der Waals surface area (Å²) >= 11 is 20.1. The first-order valence-corrected chi connectivity index (χ1v) is 3.16. The molecule has 0 heterocycles. The number of alkyl halides is 2. The van der Waals surface area contributed by atoms with Crippen LogP contribution in [-0.2, 0) is 0 Å². The van der Waals surface area contributed by atoms with Crippen LogP contribution in [0.25, 0.3) is 0 Å². The predicted molar refractivity (Wildman–Crippen MR) is 37.0 cm³/mol. The van der Waals surface area contributed by atoms with Gasteiger partial charge in [0.15, 0.2) is 0 Å². The number of halogens is 3. The van der Waals surface area contributed by atoms with Gasteiger partial charge in [-0.3, -0.25) is 0 Å². The molecule has 4 heteroatoms. The SMILES string of the molecule is [S]C=C(Cl)C(Cl)Cl. The molecule has 0 spiro atoms. The Hall–Kier alpha value is 0.830. The van der Waals surface area contributed by atoms with Crippen LogP contribution in [-0.4, -0.2) is 4.84 Å². The fraction of sp³-hybridized carbons (Fsp3) is 0.333. The van der Waals surface area contributed by atoms with Crippen LogP contribution in [0, 0.1) is 0 Å². The Morgan fingerprint density at radius 2 is 2.00 bits per heavy atom. The second kappa shape index (κ2) is 3.79. The second-order valence-electron chi connectivity index (χ2n) is 0.803. The van der Waals surface area contributed by atoms with Crippen LogP contribution in [0.4, 0.5) is 0 Å². The molecule has 0 aromatic carbocycles. The summed E-state index contributed by atoms with van der Waals surface area (Å²) in [5.74, 6) is 0. The Labute approximate surface area is 62.8 Å². The largest absolute Gasteiger partial charge is 0.144 e. The van der Waals surface area contributed by atoms with Crippen molar-refractivity contribution < 1.29 is 0 Å². The van der Waals surface area contributed by atoms with Gasteiger partial charge in [-0.15, -0.1) is 0 Å². The molecule has 7 heavy (non-hydrogen) atoms. The van der Waals surface area contributed by atoms with Gasteiger partial charge in [-0.2, -0.15) is 0 Å². The standard InChI is InChI=1S/C3H2Cl3S/c4-2(1-7)3(5)6/h1,3H. The van der Waals surface area contributed by atoms with Gasteiger partial charge in [-0.05, 0) is 0 Å². The van der Waals surface area contributed by atoms with Crippen molar-refractivity contribution in [2.45, 2.75) is 4.84 Å². The number of allylic oxidation sites excluding steroid dienone is 1. The van der Waals surface area contributed by atoms with Crippen molar-refractivity contribution in [1.82, 2.24) is 0 Å². The average Bonchev–Trinajstić information content (AvgIpc) is 1.65. The van der Waals surface area contributed by atoms with E-state index in [0.29, 0.717) is 5.03 Å². The maximum Gasteiger partial charge on any atom is 0.144 e. The van der Waals surface area contributed by atoms with Gasteiger partial charge in [-0.25, -0.2) is 0 Å². The summed E-state index contributed by atoms with van der Waals surface area (Å²) in [5, 5.41) is 1.53.